The van der Waals surface area contributed by atoms with Crippen molar-refractivity contribution < 1.29 is 24.0 Å². The summed E-state index contributed by atoms with van der Waals surface area (Å²) in [4.78, 5) is 37.1. The topological polar surface area (TPSA) is 99.0 Å². The summed E-state index contributed by atoms with van der Waals surface area (Å²) in [5.74, 6) is 0.463. The first-order valence-corrected chi connectivity index (χ1v) is 9.53. The average molecular weight is 396 g/mol. The molecule has 1 saturated heterocycles. The first-order valence-electron chi connectivity index (χ1n) is 9.53. The van der Waals surface area contributed by atoms with Crippen LogP contribution in [-0.2, 0) is 4.74 Å². The molecule has 150 valence electrons. The number of ether oxygens (including phenoxy) is 2. The van der Waals surface area contributed by atoms with Crippen LogP contribution >= 0.6 is 0 Å². The van der Waals surface area contributed by atoms with Crippen molar-refractivity contribution in [2.45, 2.75) is 19.3 Å². The second-order valence-electron chi connectivity index (χ2n) is 7.17. The Bertz CT molecular complexity index is 967. The summed E-state index contributed by atoms with van der Waals surface area (Å²) < 4.78 is 11.0. The van der Waals surface area contributed by atoms with Gasteiger partial charge in [-0.2, -0.15) is 0 Å². The van der Waals surface area contributed by atoms with E-state index in [9.17, 15) is 19.7 Å². The molecule has 0 saturated carbocycles. The molecule has 2 aromatic carbocycles. The minimum absolute atomic E-state index is 0.0887. The lowest BCUT2D eigenvalue weighted by molar-refractivity contribution is -0.384. The number of hydrogen-bond acceptors (Lipinski definition) is 6. The van der Waals surface area contributed by atoms with Gasteiger partial charge in [0.1, 0.15) is 11.5 Å². The maximum Gasteiger partial charge on any atom is 0.273 e. The number of hydrogen-bond donors (Lipinski definition) is 0. The van der Waals surface area contributed by atoms with E-state index in [0.717, 1.165) is 32.5 Å². The van der Waals surface area contributed by atoms with E-state index in [1.807, 2.05) is 0 Å². The number of imide groups is 1. The molecule has 8 heteroatoms. The van der Waals surface area contributed by atoms with E-state index in [0.29, 0.717) is 29.3 Å². The van der Waals surface area contributed by atoms with Crippen LogP contribution < -0.4 is 4.74 Å². The molecule has 4 rings (SSSR count). The third kappa shape index (κ3) is 3.97. The van der Waals surface area contributed by atoms with Crippen molar-refractivity contribution >= 4 is 17.5 Å². The fraction of sp³-hybridized carbons (Fsp3) is 0.333. The fourth-order valence-corrected chi connectivity index (χ4v) is 3.68. The van der Waals surface area contributed by atoms with Gasteiger partial charge < -0.3 is 9.47 Å². The molecule has 0 N–H and O–H groups in total. The van der Waals surface area contributed by atoms with E-state index in [-0.39, 0.29) is 23.3 Å². The third-order valence-electron chi connectivity index (χ3n) is 5.31. The van der Waals surface area contributed by atoms with Gasteiger partial charge >= 0.3 is 0 Å². The zero-order valence-electron chi connectivity index (χ0n) is 15.7. The largest absolute Gasteiger partial charge is 0.457 e. The van der Waals surface area contributed by atoms with Gasteiger partial charge in [-0.15, -0.1) is 0 Å². The van der Waals surface area contributed by atoms with Gasteiger partial charge in [0.2, 0.25) is 0 Å². The number of nitro benzene ring substituents is 1. The molecule has 2 amide bonds. The average Bonchev–Trinajstić information content (AvgIpc) is 2.97. The van der Waals surface area contributed by atoms with Crippen LogP contribution in [0.1, 0.15) is 40.0 Å². The molecule has 2 aromatic rings. The van der Waals surface area contributed by atoms with Crippen molar-refractivity contribution in [2.75, 3.05) is 19.8 Å². The molecule has 2 aliphatic rings. The molecule has 29 heavy (non-hydrogen) atoms. The van der Waals surface area contributed by atoms with Gasteiger partial charge in [0.05, 0.1) is 22.1 Å². The summed E-state index contributed by atoms with van der Waals surface area (Å²) in [5, 5.41) is 10.9. The number of carbonyl (C=O) groups excluding carboxylic acids is 2. The van der Waals surface area contributed by atoms with Crippen molar-refractivity contribution in [2.24, 2.45) is 5.92 Å². The number of rotatable bonds is 6. The number of non-ortho nitro benzene ring substituents is 1. The lowest BCUT2D eigenvalue weighted by Gasteiger charge is -2.23. The number of nitrogens with zero attached hydrogens (tertiary/aromatic N) is 2. The lowest BCUT2D eigenvalue weighted by Crippen LogP contribution is -2.32. The minimum Gasteiger partial charge on any atom is -0.457 e. The molecule has 1 fully saturated rings. The minimum atomic E-state index is -0.506. The zero-order valence-corrected chi connectivity index (χ0v) is 15.7. The first-order chi connectivity index (χ1) is 14.0. The molecule has 0 bridgehead atoms. The van der Waals surface area contributed by atoms with Crippen LogP contribution in [-0.4, -0.2) is 41.4 Å². The molecule has 0 radical (unpaired) electrons. The van der Waals surface area contributed by atoms with Gasteiger partial charge in [0.25, 0.3) is 17.5 Å². The maximum atomic E-state index is 12.8. The van der Waals surface area contributed by atoms with Crippen LogP contribution in [0.3, 0.4) is 0 Å². The summed E-state index contributed by atoms with van der Waals surface area (Å²) in [5.41, 5.74) is 0.562. The van der Waals surface area contributed by atoms with Crippen molar-refractivity contribution in [1.82, 2.24) is 4.90 Å². The predicted molar refractivity (Wildman–Crippen MR) is 103 cm³/mol. The van der Waals surface area contributed by atoms with Crippen LogP contribution in [0.2, 0.25) is 0 Å². The molecule has 0 spiro atoms. The van der Waals surface area contributed by atoms with Gasteiger partial charge in [-0.25, -0.2) is 0 Å². The molecule has 0 aliphatic carbocycles. The summed E-state index contributed by atoms with van der Waals surface area (Å²) >= 11 is 0. The summed E-state index contributed by atoms with van der Waals surface area (Å²) in [6.45, 7) is 1.84. The van der Waals surface area contributed by atoms with Gasteiger partial charge in [0, 0.05) is 25.8 Å². The van der Waals surface area contributed by atoms with Gasteiger partial charge in [-0.3, -0.25) is 24.6 Å². The summed E-state index contributed by atoms with van der Waals surface area (Å²) in [7, 11) is 0. The molecule has 2 heterocycles. The maximum absolute atomic E-state index is 12.8. The Morgan fingerprint density at radius 3 is 2.52 bits per heavy atom. The second-order valence-corrected chi connectivity index (χ2v) is 7.17. The first kappa shape index (κ1) is 19.1. The van der Waals surface area contributed by atoms with Crippen LogP contribution in [0, 0.1) is 16.0 Å². The van der Waals surface area contributed by atoms with E-state index >= 15 is 0 Å². The lowest BCUT2D eigenvalue weighted by atomic mass is 9.96. The van der Waals surface area contributed by atoms with Crippen LogP contribution in [0.15, 0.2) is 42.5 Å². The highest BCUT2D eigenvalue weighted by Crippen LogP contribution is 2.31. The van der Waals surface area contributed by atoms with Crippen molar-refractivity contribution in [1.29, 1.82) is 0 Å². The Kier molecular flexibility index (Phi) is 5.26. The Morgan fingerprint density at radius 2 is 1.76 bits per heavy atom. The quantitative estimate of drug-likeness (QED) is 0.418. The highest BCUT2D eigenvalue weighted by Gasteiger charge is 2.36. The Balaban J connectivity index is 1.48. The molecule has 0 atom stereocenters. The van der Waals surface area contributed by atoms with Gasteiger partial charge in [0.15, 0.2) is 0 Å². The van der Waals surface area contributed by atoms with E-state index in [1.165, 1.54) is 29.2 Å². The zero-order chi connectivity index (χ0) is 20.4. The number of fused-ring (bicyclic) bond motifs is 1. The highest BCUT2D eigenvalue weighted by atomic mass is 16.6. The highest BCUT2D eigenvalue weighted by molar-refractivity contribution is 6.21. The standard InChI is InChI=1S/C21H20N2O6/c24-20-18-5-4-17(29-16-3-1-2-15(12-16)23(26)27)13-19(18)21(25)22(20)9-6-14-7-10-28-11-8-14/h1-5,12-14H,6-11H2. The van der Waals surface area contributed by atoms with Crippen molar-refractivity contribution in [3.05, 3.63) is 63.7 Å². The SMILES string of the molecule is O=C1c2ccc(Oc3cccc([N+](=O)[O-])c3)cc2C(=O)N1CCC1CCOCC1. The Hall–Kier alpha value is -3.26. The van der Waals surface area contributed by atoms with Crippen LogP contribution in [0.4, 0.5) is 5.69 Å². The normalized spacial score (nSPS) is 16.8. The third-order valence-corrected chi connectivity index (χ3v) is 5.31. The monoisotopic (exact) mass is 396 g/mol. The molecule has 0 aromatic heterocycles. The van der Waals surface area contributed by atoms with E-state index in [1.54, 1.807) is 18.2 Å². The fourth-order valence-electron chi connectivity index (χ4n) is 3.68. The number of benzene rings is 2. The van der Waals surface area contributed by atoms with Crippen LogP contribution in [0.5, 0.6) is 11.5 Å². The smallest absolute Gasteiger partial charge is 0.273 e. The van der Waals surface area contributed by atoms with E-state index in [4.69, 9.17) is 9.47 Å². The van der Waals surface area contributed by atoms with Crippen molar-refractivity contribution in [3.8, 4) is 11.5 Å². The molecular weight excluding hydrogens is 376 g/mol. The molecular formula is C21H20N2O6. The number of amides is 2. The molecule has 2 aliphatic heterocycles. The van der Waals surface area contributed by atoms with Crippen molar-refractivity contribution in [3.63, 3.8) is 0 Å². The predicted octanol–water partition coefficient (Wildman–Crippen LogP) is 3.80. The molecule has 8 nitrogen and oxygen atoms in total. The van der Waals surface area contributed by atoms with Crippen LogP contribution in [0.25, 0.3) is 0 Å². The number of carbonyl (C=O) groups is 2. The second kappa shape index (κ2) is 8.00. The van der Waals surface area contributed by atoms with E-state index in [2.05, 4.69) is 0 Å². The summed E-state index contributed by atoms with van der Waals surface area (Å²) in [6, 6.07) is 10.5. The van der Waals surface area contributed by atoms with Gasteiger partial charge in [-0.05, 0) is 49.4 Å². The summed E-state index contributed by atoms with van der Waals surface area (Å²) in [6.07, 6.45) is 2.67. The Labute approximate surface area is 167 Å². The molecule has 0 unspecified atom stereocenters. The Morgan fingerprint density at radius 1 is 1.03 bits per heavy atom. The number of nitro groups is 1. The van der Waals surface area contributed by atoms with E-state index < -0.39 is 4.92 Å². The van der Waals surface area contributed by atoms with Gasteiger partial charge in [-0.1, -0.05) is 6.07 Å².